The maximum Gasteiger partial charge on any atom is 0.272 e. The Morgan fingerprint density at radius 1 is 1.04 bits per heavy atom. The van der Waals surface area contributed by atoms with Crippen LogP contribution in [0, 0.1) is 0 Å². The number of halogens is 2. The zero-order valence-electron chi connectivity index (χ0n) is 14.9. The lowest BCUT2D eigenvalue weighted by molar-refractivity contribution is 0.101. The summed E-state index contributed by atoms with van der Waals surface area (Å²) in [6, 6.07) is 7.59. The third kappa shape index (κ3) is 4.14. The van der Waals surface area contributed by atoms with Crippen molar-refractivity contribution in [3.05, 3.63) is 46.2 Å². The first-order valence-corrected chi connectivity index (χ1v) is 10.5. The molecule has 0 atom stereocenters. The highest BCUT2D eigenvalue weighted by Crippen LogP contribution is 2.26. The quantitative estimate of drug-likeness (QED) is 0.808. The van der Waals surface area contributed by atoms with Crippen molar-refractivity contribution in [2.45, 2.75) is 4.90 Å². The zero-order chi connectivity index (χ0) is 19.8. The normalized spacial score (nSPS) is 16.4. The van der Waals surface area contributed by atoms with Crippen LogP contribution in [0.25, 0.3) is 0 Å². The van der Waals surface area contributed by atoms with Gasteiger partial charge in [0.15, 0.2) is 0 Å². The van der Waals surface area contributed by atoms with E-state index >= 15 is 0 Å². The van der Waals surface area contributed by atoms with Crippen LogP contribution in [0.4, 0.5) is 5.69 Å². The summed E-state index contributed by atoms with van der Waals surface area (Å²) < 4.78 is 28.4. The molecule has 1 saturated heterocycles. The van der Waals surface area contributed by atoms with Gasteiger partial charge in [-0.2, -0.15) is 4.31 Å². The molecular formula is C17H20Cl2N4O3S. The van der Waals surface area contributed by atoms with Crippen LogP contribution >= 0.6 is 23.2 Å². The minimum atomic E-state index is -3.54. The number of benzene rings is 1. The fraction of sp³-hybridized carbons (Fsp3) is 0.353. The second-order valence-electron chi connectivity index (χ2n) is 6.41. The van der Waals surface area contributed by atoms with Gasteiger partial charge < -0.3 is 14.8 Å². The Balaban J connectivity index is 1.73. The summed E-state index contributed by atoms with van der Waals surface area (Å²) in [7, 11) is 0.0637. The number of hydrogen-bond donors (Lipinski definition) is 1. The summed E-state index contributed by atoms with van der Waals surface area (Å²) in [5.41, 5.74) is 0.782. The molecule has 0 saturated carbocycles. The summed E-state index contributed by atoms with van der Waals surface area (Å²) in [4.78, 5) is 14.7. The number of sulfonamides is 1. The molecular weight excluding hydrogens is 411 g/mol. The molecule has 2 heterocycles. The number of anilines is 1. The van der Waals surface area contributed by atoms with E-state index in [2.05, 4.69) is 10.2 Å². The predicted molar refractivity (Wildman–Crippen MR) is 106 cm³/mol. The lowest BCUT2D eigenvalue weighted by Gasteiger charge is -2.31. The average Bonchev–Trinajstić information content (AvgIpc) is 2.90. The van der Waals surface area contributed by atoms with Crippen molar-refractivity contribution in [3.8, 4) is 0 Å². The van der Waals surface area contributed by atoms with E-state index in [4.69, 9.17) is 23.2 Å². The van der Waals surface area contributed by atoms with Crippen molar-refractivity contribution in [1.82, 2.24) is 13.8 Å². The van der Waals surface area contributed by atoms with Crippen molar-refractivity contribution in [3.63, 3.8) is 0 Å². The van der Waals surface area contributed by atoms with E-state index in [1.807, 2.05) is 7.05 Å². The van der Waals surface area contributed by atoms with E-state index in [0.29, 0.717) is 37.6 Å². The Hall–Kier alpha value is -1.58. The highest BCUT2D eigenvalue weighted by molar-refractivity contribution is 7.89. The maximum absolute atomic E-state index is 12.7. The minimum Gasteiger partial charge on any atom is -0.329 e. The predicted octanol–water partition coefficient (Wildman–Crippen LogP) is 2.52. The number of nitrogens with zero attached hydrogens (tertiary/aromatic N) is 3. The Morgan fingerprint density at radius 3 is 2.15 bits per heavy atom. The van der Waals surface area contributed by atoms with Crippen molar-refractivity contribution >= 4 is 44.8 Å². The van der Waals surface area contributed by atoms with Gasteiger partial charge in [-0.05, 0) is 37.4 Å². The molecule has 1 aromatic carbocycles. The Labute approximate surface area is 168 Å². The second kappa shape index (κ2) is 7.81. The van der Waals surface area contributed by atoms with Crippen molar-refractivity contribution in [1.29, 1.82) is 0 Å². The van der Waals surface area contributed by atoms with Crippen molar-refractivity contribution in [2.75, 3.05) is 38.5 Å². The van der Waals surface area contributed by atoms with E-state index < -0.39 is 10.0 Å². The van der Waals surface area contributed by atoms with Crippen LogP contribution in [0.2, 0.25) is 10.2 Å². The van der Waals surface area contributed by atoms with Crippen molar-refractivity contribution < 1.29 is 13.2 Å². The summed E-state index contributed by atoms with van der Waals surface area (Å²) in [5.74, 6) is -0.388. The fourth-order valence-corrected chi connectivity index (χ4v) is 4.64. The number of nitrogens with one attached hydrogen (secondary N) is 1. The SMILES string of the molecule is CN1CCN(S(=O)(=O)c2ccc(NC(=O)c3cc(Cl)c(Cl)n3C)cc2)CC1. The van der Waals surface area contributed by atoms with Gasteiger partial charge in [0.25, 0.3) is 5.91 Å². The van der Waals surface area contributed by atoms with E-state index in [-0.39, 0.29) is 21.0 Å². The molecule has 0 unspecified atom stereocenters. The number of amides is 1. The van der Waals surface area contributed by atoms with E-state index in [9.17, 15) is 13.2 Å². The molecule has 1 N–H and O–H groups in total. The second-order valence-corrected chi connectivity index (χ2v) is 9.12. The molecule has 1 amide bonds. The van der Waals surface area contributed by atoms with Crippen LogP contribution in [-0.4, -0.2) is 61.3 Å². The van der Waals surface area contributed by atoms with E-state index in [1.165, 1.54) is 27.1 Å². The van der Waals surface area contributed by atoms with Gasteiger partial charge >= 0.3 is 0 Å². The first-order chi connectivity index (χ1) is 12.7. The standard InChI is InChI=1S/C17H20Cl2N4O3S/c1-21-7-9-23(10-8-21)27(25,26)13-5-3-12(4-6-13)20-17(24)15-11-14(18)16(19)22(15)2/h3-6,11H,7-10H2,1-2H3,(H,20,24). The summed E-state index contributed by atoms with van der Waals surface area (Å²) in [5, 5.41) is 3.27. The maximum atomic E-state index is 12.7. The lowest BCUT2D eigenvalue weighted by Crippen LogP contribution is -2.46. The molecule has 27 heavy (non-hydrogen) atoms. The largest absolute Gasteiger partial charge is 0.329 e. The molecule has 146 valence electrons. The Kier molecular flexibility index (Phi) is 5.83. The average molecular weight is 431 g/mol. The van der Waals surface area contributed by atoms with Gasteiger partial charge in [-0.1, -0.05) is 23.2 Å². The molecule has 0 radical (unpaired) electrons. The van der Waals surface area contributed by atoms with Crippen LogP contribution < -0.4 is 5.32 Å². The topological polar surface area (TPSA) is 74.7 Å². The molecule has 1 aromatic heterocycles. The van der Waals surface area contributed by atoms with Crippen LogP contribution in [0.1, 0.15) is 10.5 Å². The summed E-state index contributed by atoms with van der Waals surface area (Å²) in [6.45, 7) is 2.34. The van der Waals surface area contributed by atoms with Gasteiger partial charge in [0, 0.05) is 38.9 Å². The van der Waals surface area contributed by atoms with Gasteiger partial charge in [0.05, 0.1) is 9.92 Å². The minimum absolute atomic E-state index is 0.204. The number of carbonyl (C=O) groups is 1. The third-order valence-electron chi connectivity index (χ3n) is 4.56. The number of hydrogen-bond acceptors (Lipinski definition) is 4. The molecule has 10 heteroatoms. The fourth-order valence-electron chi connectivity index (χ4n) is 2.84. The molecule has 0 aliphatic carbocycles. The van der Waals surface area contributed by atoms with Gasteiger partial charge in [-0.15, -0.1) is 0 Å². The highest BCUT2D eigenvalue weighted by atomic mass is 35.5. The molecule has 0 spiro atoms. The van der Waals surface area contributed by atoms with Gasteiger partial charge in [0.2, 0.25) is 10.0 Å². The van der Waals surface area contributed by atoms with Crippen LogP contribution in [0.3, 0.4) is 0 Å². The number of rotatable bonds is 4. The lowest BCUT2D eigenvalue weighted by atomic mass is 10.3. The number of carbonyl (C=O) groups excluding carboxylic acids is 1. The summed E-state index contributed by atoms with van der Waals surface area (Å²) >= 11 is 11.9. The zero-order valence-corrected chi connectivity index (χ0v) is 17.3. The first-order valence-electron chi connectivity index (χ1n) is 8.31. The van der Waals surface area contributed by atoms with Gasteiger partial charge in [-0.25, -0.2) is 8.42 Å². The van der Waals surface area contributed by atoms with Gasteiger partial charge in [-0.3, -0.25) is 4.79 Å². The van der Waals surface area contributed by atoms with Gasteiger partial charge in [0.1, 0.15) is 10.8 Å². The molecule has 1 fully saturated rings. The molecule has 2 aromatic rings. The van der Waals surface area contributed by atoms with E-state index in [0.717, 1.165) is 0 Å². The van der Waals surface area contributed by atoms with Crippen LogP contribution in [0.15, 0.2) is 35.2 Å². The molecule has 1 aliphatic heterocycles. The number of likely N-dealkylation sites (N-methyl/N-ethyl adjacent to an activating group) is 1. The number of piperazine rings is 1. The van der Waals surface area contributed by atoms with E-state index in [1.54, 1.807) is 19.2 Å². The molecule has 0 bridgehead atoms. The Bertz CT molecular complexity index is 949. The molecule has 3 rings (SSSR count). The first kappa shape index (κ1) is 20.2. The third-order valence-corrected chi connectivity index (χ3v) is 7.32. The Morgan fingerprint density at radius 2 is 1.63 bits per heavy atom. The van der Waals surface area contributed by atoms with Crippen LogP contribution in [-0.2, 0) is 17.1 Å². The highest BCUT2D eigenvalue weighted by Gasteiger charge is 2.27. The monoisotopic (exact) mass is 430 g/mol. The molecule has 1 aliphatic rings. The number of aromatic nitrogens is 1. The molecule has 7 nitrogen and oxygen atoms in total. The van der Waals surface area contributed by atoms with Crippen LogP contribution in [0.5, 0.6) is 0 Å². The van der Waals surface area contributed by atoms with Crippen molar-refractivity contribution in [2.24, 2.45) is 7.05 Å². The summed E-state index contributed by atoms with van der Waals surface area (Å²) in [6.07, 6.45) is 0. The smallest absolute Gasteiger partial charge is 0.272 e.